The maximum atomic E-state index is 13.1. The molecule has 3 aromatic carbocycles. The highest BCUT2D eigenvalue weighted by Gasteiger charge is 2.16. The third-order valence-electron chi connectivity index (χ3n) is 5.14. The molecule has 0 bridgehead atoms. The Balaban J connectivity index is 1.66. The van der Waals surface area contributed by atoms with Crippen molar-refractivity contribution in [3.63, 3.8) is 0 Å². The molecule has 0 atom stereocenters. The minimum Gasteiger partial charge on any atom is -0.312 e. The van der Waals surface area contributed by atoms with Gasteiger partial charge in [0.05, 0.1) is 5.56 Å². The molecule has 4 nitrogen and oxygen atoms in total. The van der Waals surface area contributed by atoms with E-state index in [1.807, 2.05) is 48.5 Å². The highest BCUT2D eigenvalue weighted by molar-refractivity contribution is 7.98. The fraction of sp³-hybridized carbons (Fsp3) is 0.250. The van der Waals surface area contributed by atoms with Gasteiger partial charge in [0.15, 0.2) is 0 Å². The van der Waals surface area contributed by atoms with E-state index in [1.54, 1.807) is 36.0 Å². The van der Waals surface area contributed by atoms with Crippen molar-refractivity contribution in [3.8, 4) is 0 Å². The van der Waals surface area contributed by atoms with Crippen molar-refractivity contribution in [2.45, 2.75) is 49.7 Å². The highest BCUT2D eigenvalue weighted by Crippen LogP contribution is 2.23. The SMILES string of the molecule is CCCCCCC(=NOC(=O)c1ccccc1)C(=O)c1ccc(SCc2ccccc2)cc1. The lowest BCUT2D eigenvalue weighted by Crippen LogP contribution is -2.16. The molecule has 0 radical (unpaired) electrons. The van der Waals surface area contributed by atoms with Crippen molar-refractivity contribution in [3.05, 3.63) is 102 Å². The molecule has 0 amide bonds. The summed E-state index contributed by atoms with van der Waals surface area (Å²) in [5.74, 6) is 0.0994. The van der Waals surface area contributed by atoms with Crippen LogP contribution in [0.4, 0.5) is 0 Å². The van der Waals surface area contributed by atoms with E-state index in [-0.39, 0.29) is 11.5 Å². The van der Waals surface area contributed by atoms with Crippen molar-refractivity contribution in [2.75, 3.05) is 0 Å². The number of rotatable bonds is 12. The average molecular weight is 460 g/mol. The van der Waals surface area contributed by atoms with Crippen molar-refractivity contribution < 1.29 is 14.4 Å². The number of unbranched alkanes of at least 4 members (excludes halogenated alkanes) is 3. The zero-order chi connectivity index (χ0) is 23.3. The van der Waals surface area contributed by atoms with Gasteiger partial charge in [0.1, 0.15) is 5.71 Å². The number of hydrogen-bond donors (Lipinski definition) is 0. The smallest absolute Gasteiger partial charge is 0.312 e. The van der Waals surface area contributed by atoms with Crippen LogP contribution >= 0.6 is 11.8 Å². The molecule has 3 rings (SSSR count). The summed E-state index contributed by atoms with van der Waals surface area (Å²) in [5, 5.41) is 3.98. The van der Waals surface area contributed by atoms with E-state index in [2.05, 4.69) is 24.2 Å². The van der Waals surface area contributed by atoms with Crippen LogP contribution in [0, 0.1) is 0 Å². The van der Waals surface area contributed by atoms with E-state index in [1.165, 1.54) is 5.56 Å². The fourth-order valence-electron chi connectivity index (χ4n) is 3.25. The topological polar surface area (TPSA) is 55.7 Å². The van der Waals surface area contributed by atoms with E-state index in [9.17, 15) is 9.59 Å². The van der Waals surface area contributed by atoms with Gasteiger partial charge >= 0.3 is 5.97 Å². The van der Waals surface area contributed by atoms with Crippen molar-refractivity contribution in [1.82, 2.24) is 0 Å². The summed E-state index contributed by atoms with van der Waals surface area (Å²) in [6.45, 7) is 2.14. The van der Waals surface area contributed by atoms with Gasteiger partial charge in [0.25, 0.3) is 0 Å². The molecule has 0 aromatic heterocycles. The van der Waals surface area contributed by atoms with Gasteiger partial charge in [-0.25, -0.2) is 4.79 Å². The fourth-order valence-corrected chi connectivity index (χ4v) is 4.11. The number of Topliss-reactive ketones (excluding diaryl/α,β-unsaturated/α-hetero) is 1. The van der Waals surface area contributed by atoms with Crippen LogP contribution in [-0.4, -0.2) is 17.5 Å². The molecule has 0 spiro atoms. The molecule has 0 saturated carbocycles. The van der Waals surface area contributed by atoms with Gasteiger partial charge in [-0.15, -0.1) is 11.8 Å². The zero-order valence-electron chi connectivity index (χ0n) is 18.9. The number of nitrogens with zero attached hydrogens (tertiary/aromatic N) is 1. The van der Waals surface area contributed by atoms with Crippen molar-refractivity contribution in [1.29, 1.82) is 0 Å². The first-order chi connectivity index (χ1) is 16.2. The second kappa shape index (κ2) is 13.4. The third kappa shape index (κ3) is 8.03. The number of thioether (sulfide) groups is 1. The lowest BCUT2D eigenvalue weighted by Gasteiger charge is -2.07. The molecule has 170 valence electrons. The third-order valence-corrected chi connectivity index (χ3v) is 6.23. The maximum absolute atomic E-state index is 13.1. The van der Waals surface area contributed by atoms with Crippen LogP contribution in [0.25, 0.3) is 0 Å². The standard InChI is InChI=1S/C28H29NO3S/c1-2-3-4-11-16-26(29-32-28(31)24-14-9-6-10-15-24)27(30)23-17-19-25(20-18-23)33-21-22-12-7-5-8-13-22/h5-10,12-15,17-20H,2-4,11,16,21H2,1H3. The first-order valence-electron chi connectivity index (χ1n) is 11.3. The molecule has 5 heteroatoms. The predicted molar refractivity (Wildman–Crippen MR) is 135 cm³/mol. The summed E-state index contributed by atoms with van der Waals surface area (Å²) in [4.78, 5) is 31.6. The van der Waals surface area contributed by atoms with E-state index < -0.39 is 5.97 Å². The largest absolute Gasteiger partial charge is 0.365 e. The Morgan fingerprint density at radius 1 is 0.788 bits per heavy atom. The van der Waals surface area contributed by atoms with Crippen LogP contribution in [0.3, 0.4) is 0 Å². The van der Waals surface area contributed by atoms with E-state index >= 15 is 0 Å². The molecule has 0 N–H and O–H groups in total. The van der Waals surface area contributed by atoms with Gasteiger partial charge in [-0.3, -0.25) is 4.79 Å². The van der Waals surface area contributed by atoms with Gasteiger partial charge in [-0.1, -0.05) is 79.9 Å². The molecule has 3 aromatic rings. The Morgan fingerprint density at radius 3 is 2.12 bits per heavy atom. The number of hydrogen-bond acceptors (Lipinski definition) is 5. The van der Waals surface area contributed by atoms with Crippen molar-refractivity contribution in [2.24, 2.45) is 5.16 Å². The first-order valence-corrected chi connectivity index (χ1v) is 12.3. The second-order valence-corrected chi connectivity index (χ2v) is 8.77. The first kappa shape index (κ1) is 24.5. The summed E-state index contributed by atoms with van der Waals surface area (Å²) in [6, 6.07) is 26.5. The van der Waals surface area contributed by atoms with Gasteiger partial charge < -0.3 is 4.84 Å². The molecule has 33 heavy (non-hydrogen) atoms. The molecule has 0 aliphatic rings. The van der Waals surface area contributed by atoms with Crippen LogP contribution in [0.15, 0.2) is 95.0 Å². The number of benzene rings is 3. The molecule has 0 aliphatic heterocycles. The minimum absolute atomic E-state index is 0.202. The van der Waals surface area contributed by atoms with E-state index in [0.717, 1.165) is 36.3 Å². The molecule has 0 heterocycles. The zero-order valence-corrected chi connectivity index (χ0v) is 19.7. The van der Waals surface area contributed by atoms with E-state index in [0.29, 0.717) is 17.5 Å². The summed E-state index contributed by atoms with van der Waals surface area (Å²) >= 11 is 1.72. The van der Waals surface area contributed by atoms with Crippen LogP contribution in [0.1, 0.15) is 65.3 Å². The summed E-state index contributed by atoms with van der Waals surface area (Å²) in [5.41, 5.74) is 2.48. The molecular weight excluding hydrogens is 430 g/mol. The number of carbonyl (C=O) groups is 2. The Labute approximate surface area is 200 Å². The van der Waals surface area contributed by atoms with Crippen LogP contribution in [-0.2, 0) is 10.6 Å². The maximum Gasteiger partial charge on any atom is 0.365 e. The monoisotopic (exact) mass is 459 g/mol. The molecule has 0 saturated heterocycles. The second-order valence-electron chi connectivity index (χ2n) is 7.72. The summed E-state index contributed by atoms with van der Waals surface area (Å²) < 4.78 is 0. The van der Waals surface area contributed by atoms with Crippen LogP contribution < -0.4 is 0 Å². The summed E-state index contributed by atoms with van der Waals surface area (Å²) in [7, 11) is 0. The molecule has 0 unspecified atom stereocenters. The van der Waals surface area contributed by atoms with Gasteiger partial charge in [-0.05, 0) is 54.8 Å². The quantitative estimate of drug-likeness (QED) is 0.0710. The highest BCUT2D eigenvalue weighted by atomic mass is 32.2. The van der Waals surface area contributed by atoms with Crippen molar-refractivity contribution >= 4 is 29.2 Å². The van der Waals surface area contributed by atoms with Gasteiger partial charge in [0, 0.05) is 16.2 Å². The van der Waals surface area contributed by atoms with Gasteiger partial charge in [0.2, 0.25) is 5.78 Å². The molecule has 0 aliphatic carbocycles. The van der Waals surface area contributed by atoms with Crippen LogP contribution in [0.2, 0.25) is 0 Å². The Hall–Kier alpha value is -3.18. The molecular formula is C28H29NO3S. The molecule has 0 fully saturated rings. The average Bonchev–Trinajstić information content (AvgIpc) is 2.88. The van der Waals surface area contributed by atoms with Gasteiger partial charge in [-0.2, -0.15) is 0 Å². The van der Waals surface area contributed by atoms with E-state index in [4.69, 9.17) is 4.84 Å². The minimum atomic E-state index is -0.567. The normalized spacial score (nSPS) is 11.2. The number of oxime groups is 1. The Bertz CT molecular complexity index is 1050. The summed E-state index contributed by atoms with van der Waals surface area (Å²) in [6.07, 6.45) is 4.51. The number of ketones is 1. The lowest BCUT2D eigenvalue weighted by atomic mass is 10.0. The predicted octanol–water partition coefficient (Wildman–Crippen LogP) is 7.35. The van der Waals surface area contributed by atoms with Crippen LogP contribution in [0.5, 0.6) is 0 Å². The lowest BCUT2D eigenvalue weighted by molar-refractivity contribution is 0.0514. The number of carbonyl (C=O) groups excluding carboxylic acids is 2. The Kier molecular flexibility index (Phi) is 9.92. The Morgan fingerprint density at radius 2 is 1.45 bits per heavy atom.